The summed E-state index contributed by atoms with van der Waals surface area (Å²) in [5.74, 6) is 1.40. The first-order valence-corrected chi connectivity index (χ1v) is 12.5. The third-order valence-electron chi connectivity index (χ3n) is 4.40. The number of hydrogen-bond donors (Lipinski definition) is 4. The van der Waals surface area contributed by atoms with Crippen molar-refractivity contribution in [2.45, 2.75) is 25.7 Å². The highest BCUT2D eigenvalue weighted by Gasteiger charge is 2.05. The number of primary amides is 2. The van der Waals surface area contributed by atoms with Gasteiger partial charge in [0.05, 0.1) is 0 Å². The van der Waals surface area contributed by atoms with Gasteiger partial charge in [-0.05, 0) is 36.1 Å². The second-order valence-electron chi connectivity index (χ2n) is 6.74. The Morgan fingerprint density at radius 2 is 1.10 bits per heavy atom. The highest BCUT2D eigenvalue weighted by atomic mass is 33.1. The first-order valence-electron chi connectivity index (χ1n) is 10.0. The second-order valence-corrected chi connectivity index (χ2v) is 9.45. The van der Waals surface area contributed by atoms with Crippen molar-refractivity contribution in [2.24, 2.45) is 11.5 Å². The summed E-state index contributed by atoms with van der Waals surface area (Å²) in [6, 6.07) is 16.1. The van der Waals surface area contributed by atoms with Crippen LogP contribution in [0.25, 0.3) is 0 Å². The van der Waals surface area contributed by atoms with Crippen LogP contribution < -0.4 is 22.1 Å². The minimum atomic E-state index is -0.277. The quantitative estimate of drug-likeness (QED) is 0.246. The Morgan fingerprint density at radius 3 is 1.50 bits per heavy atom. The number of carbonyl (C=O) groups excluding carboxylic acids is 2. The van der Waals surface area contributed by atoms with Gasteiger partial charge in [-0.3, -0.25) is 9.59 Å². The van der Waals surface area contributed by atoms with Gasteiger partial charge in [-0.15, -0.1) is 0 Å². The van der Waals surface area contributed by atoms with Crippen LogP contribution in [-0.4, -0.2) is 36.4 Å². The van der Waals surface area contributed by atoms with E-state index in [0.717, 1.165) is 47.1 Å². The number of rotatable bonds is 15. The van der Waals surface area contributed by atoms with Gasteiger partial charge in [0.2, 0.25) is 11.8 Å². The van der Waals surface area contributed by atoms with Gasteiger partial charge in [-0.2, -0.15) is 0 Å². The van der Waals surface area contributed by atoms with Gasteiger partial charge in [0.1, 0.15) is 0 Å². The first-order chi connectivity index (χ1) is 14.6. The van der Waals surface area contributed by atoms with Crippen molar-refractivity contribution >= 4 is 44.8 Å². The molecule has 2 aromatic rings. The number of hydrogen-bond acceptors (Lipinski definition) is 6. The van der Waals surface area contributed by atoms with Crippen molar-refractivity contribution in [3.8, 4) is 0 Å². The Morgan fingerprint density at radius 1 is 0.700 bits per heavy atom. The summed E-state index contributed by atoms with van der Waals surface area (Å²) < 4.78 is 0. The molecule has 0 spiro atoms. The van der Waals surface area contributed by atoms with E-state index in [2.05, 4.69) is 10.6 Å². The number of carbonyl (C=O) groups is 2. The van der Waals surface area contributed by atoms with Crippen LogP contribution in [0.1, 0.15) is 24.0 Å². The molecule has 0 radical (unpaired) electrons. The highest BCUT2D eigenvalue weighted by Crippen LogP contribution is 2.23. The van der Waals surface area contributed by atoms with E-state index < -0.39 is 0 Å². The van der Waals surface area contributed by atoms with Crippen LogP contribution in [0, 0.1) is 0 Å². The first kappa shape index (κ1) is 24.0. The molecule has 6 N–H and O–H groups in total. The van der Waals surface area contributed by atoms with E-state index in [1.807, 2.05) is 70.1 Å². The molecule has 2 rings (SSSR count). The number of nitrogens with two attached hydrogens (primary N) is 2. The monoisotopic (exact) mass is 446 g/mol. The van der Waals surface area contributed by atoms with Crippen molar-refractivity contribution < 1.29 is 9.59 Å². The molecule has 0 bridgehead atoms. The minimum Gasteiger partial charge on any atom is -0.384 e. The zero-order chi connectivity index (χ0) is 21.6. The van der Waals surface area contributed by atoms with Crippen LogP contribution in [0.5, 0.6) is 0 Å². The predicted octanol–water partition coefficient (Wildman–Crippen LogP) is 3.43. The van der Waals surface area contributed by atoms with Gasteiger partial charge in [-0.25, -0.2) is 0 Å². The average molecular weight is 447 g/mol. The number of amides is 2. The van der Waals surface area contributed by atoms with Crippen LogP contribution in [0.15, 0.2) is 48.5 Å². The molecule has 0 aromatic heterocycles. The third-order valence-corrected chi connectivity index (χ3v) is 6.81. The van der Waals surface area contributed by atoms with E-state index >= 15 is 0 Å². The molecule has 30 heavy (non-hydrogen) atoms. The molecule has 6 nitrogen and oxygen atoms in total. The molecule has 0 saturated heterocycles. The molecule has 162 valence electrons. The summed E-state index contributed by atoms with van der Waals surface area (Å²) in [6.07, 6.45) is 2.05. The van der Waals surface area contributed by atoms with Gasteiger partial charge >= 0.3 is 0 Å². The number of nitrogens with one attached hydrogen (secondary N) is 2. The van der Waals surface area contributed by atoms with Gasteiger partial charge in [-0.1, -0.05) is 58.0 Å². The fourth-order valence-corrected chi connectivity index (χ4v) is 4.72. The highest BCUT2D eigenvalue weighted by molar-refractivity contribution is 8.76. The molecular formula is C22H30N4O2S2. The van der Waals surface area contributed by atoms with Gasteiger partial charge in [0.15, 0.2) is 0 Å². The fraction of sp³-hybridized carbons (Fsp3) is 0.364. The Hall–Kier alpha value is -2.32. The molecule has 0 heterocycles. The lowest BCUT2D eigenvalue weighted by atomic mass is 10.1. The number of para-hydroxylation sites is 2. The third kappa shape index (κ3) is 9.45. The molecule has 0 atom stereocenters. The lowest BCUT2D eigenvalue weighted by molar-refractivity contribution is -0.118. The largest absolute Gasteiger partial charge is 0.384 e. The SMILES string of the molecule is NC(=O)CCc1ccccc1NCCSSCCNc1ccccc1CCC(N)=O. The van der Waals surface area contributed by atoms with E-state index in [-0.39, 0.29) is 11.8 Å². The average Bonchev–Trinajstić information content (AvgIpc) is 2.74. The van der Waals surface area contributed by atoms with Crippen molar-refractivity contribution in [3.63, 3.8) is 0 Å². The molecule has 0 aliphatic heterocycles. The smallest absolute Gasteiger partial charge is 0.217 e. The van der Waals surface area contributed by atoms with E-state index in [4.69, 9.17) is 11.5 Å². The summed E-state index contributed by atoms with van der Waals surface area (Å²) in [4.78, 5) is 22.0. The Bertz CT molecular complexity index is 750. The lowest BCUT2D eigenvalue weighted by Crippen LogP contribution is -2.12. The van der Waals surface area contributed by atoms with Crippen LogP contribution in [-0.2, 0) is 22.4 Å². The van der Waals surface area contributed by atoms with E-state index in [0.29, 0.717) is 25.7 Å². The van der Waals surface area contributed by atoms with Crippen LogP contribution in [0.3, 0.4) is 0 Å². The number of anilines is 2. The molecule has 0 aliphatic carbocycles. The molecule has 2 amide bonds. The molecule has 2 aromatic carbocycles. The second kappa shape index (κ2) is 13.8. The minimum absolute atomic E-state index is 0.277. The van der Waals surface area contributed by atoms with E-state index in [1.54, 1.807) is 0 Å². The zero-order valence-electron chi connectivity index (χ0n) is 17.1. The van der Waals surface area contributed by atoms with Crippen molar-refractivity contribution in [1.82, 2.24) is 0 Å². The topological polar surface area (TPSA) is 110 Å². The molecule has 0 saturated carbocycles. The summed E-state index contributed by atoms with van der Waals surface area (Å²) in [6.45, 7) is 1.71. The summed E-state index contributed by atoms with van der Waals surface area (Å²) in [7, 11) is 3.66. The Balaban J connectivity index is 1.61. The standard InChI is InChI=1S/C22H30N4O2S2/c23-21(27)11-9-17-5-1-3-7-19(17)25-13-15-29-30-16-14-26-20-8-4-2-6-18(20)10-12-22(24)28/h1-8,25-26H,9-16H2,(H2,23,27)(H2,24,28). The Kier molecular flexibility index (Phi) is 11.0. The van der Waals surface area contributed by atoms with Gasteiger partial charge < -0.3 is 22.1 Å². The molecular weight excluding hydrogens is 416 g/mol. The van der Waals surface area contributed by atoms with Crippen molar-refractivity contribution in [2.75, 3.05) is 35.2 Å². The van der Waals surface area contributed by atoms with Crippen LogP contribution in [0.2, 0.25) is 0 Å². The van der Waals surface area contributed by atoms with E-state index in [9.17, 15) is 9.59 Å². The van der Waals surface area contributed by atoms with Gasteiger partial charge in [0.25, 0.3) is 0 Å². The summed E-state index contributed by atoms with van der Waals surface area (Å²) >= 11 is 0. The lowest BCUT2D eigenvalue weighted by Gasteiger charge is -2.12. The van der Waals surface area contributed by atoms with E-state index in [1.165, 1.54) is 0 Å². The molecule has 0 aliphatic rings. The fourth-order valence-electron chi connectivity index (χ4n) is 2.91. The van der Waals surface area contributed by atoms with Gasteiger partial charge in [0, 0.05) is 48.8 Å². The van der Waals surface area contributed by atoms with Crippen LogP contribution >= 0.6 is 21.6 Å². The van der Waals surface area contributed by atoms with Crippen LogP contribution in [0.4, 0.5) is 11.4 Å². The van der Waals surface area contributed by atoms with Crippen molar-refractivity contribution in [3.05, 3.63) is 59.7 Å². The molecule has 8 heteroatoms. The summed E-state index contributed by atoms with van der Waals surface area (Å²) in [5.41, 5.74) is 14.9. The van der Waals surface area contributed by atoms with Crippen molar-refractivity contribution in [1.29, 1.82) is 0 Å². The molecule has 0 unspecified atom stereocenters. The number of benzene rings is 2. The normalized spacial score (nSPS) is 10.5. The predicted molar refractivity (Wildman–Crippen MR) is 130 cm³/mol. The summed E-state index contributed by atoms with van der Waals surface area (Å²) in [5, 5.41) is 6.89. The maximum atomic E-state index is 11.0. The molecule has 0 fully saturated rings. The zero-order valence-corrected chi connectivity index (χ0v) is 18.7. The Labute approximate surface area is 186 Å². The maximum absolute atomic E-state index is 11.0. The number of aryl methyl sites for hydroxylation is 2. The maximum Gasteiger partial charge on any atom is 0.217 e.